The molecule has 0 bridgehead atoms. The van der Waals surface area contributed by atoms with Crippen LogP contribution >= 0.6 is 0 Å². The van der Waals surface area contributed by atoms with E-state index in [4.69, 9.17) is 4.74 Å². The van der Waals surface area contributed by atoms with E-state index in [1.54, 1.807) is 12.3 Å². The maximum Gasteiger partial charge on any atom is 0.410 e. The van der Waals surface area contributed by atoms with Gasteiger partial charge >= 0.3 is 6.09 Å². The van der Waals surface area contributed by atoms with Crippen molar-refractivity contribution < 1.29 is 13.9 Å². The van der Waals surface area contributed by atoms with Gasteiger partial charge in [0.15, 0.2) is 0 Å². The molecule has 3 aliphatic rings. The molecule has 1 aromatic heterocycles. The molecule has 1 amide bonds. The third-order valence-electron chi connectivity index (χ3n) is 6.78. The van der Waals surface area contributed by atoms with Gasteiger partial charge in [0.2, 0.25) is 0 Å². The molecule has 1 saturated carbocycles. The van der Waals surface area contributed by atoms with Crippen LogP contribution in [-0.2, 0) is 4.74 Å². The summed E-state index contributed by atoms with van der Waals surface area (Å²) < 4.78 is 18.8. The van der Waals surface area contributed by atoms with Crippen molar-refractivity contribution in [1.29, 1.82) is 0 Å². The number of hydrogen-bond acceptors (Lipinski definition) is 3. The van der Waals surface area contributed by atoms with E-state index in [9.17, 15) is 9.18 Å². The number of nitrogens with zero attached hydrogens (tertiary/aromatic N) is 2. The molecule has 4 atom stereocenters. The zero-order valence-electron chi connectivity index (χ0n) is 16.3. The second-order valence-corrected chi connectivity index (χ2v) is 8.42. The van der Waals surface area contributed by atoms with Gasteiger partial charge in [-0.2, -0.15) is 0 Å². The Hall–Kier alpha value is -2.69. The van der Waals surface area contributed by atoms with E-state index in [1.807, 2.05) is 23.1 Å². The zero-order valence-corrected chi connectivity index (χ0v) is 16.3. The van der Waals surface area contributed by atoms with Crippen LogP contribution in [0.5, 0.6) is 0 Å². The first kappa shape index (κ1) is 18.3. The van der Waals surface area contributed by atoms with Crippen molar-refractivity contribution in [3.8, 4) is 11.1 Å². The number of fused-ring (bicyclic) bond motifs is 2. The Morgan fingerprint density at radius 2 is 2.03 bits per heavy atom. The summed E-state index contributed by atoms with van der Waals surface area (Å²) in [6.07, 6.45) is 10.9. The molecule has 29 heavy (non-hydrogen) atoms. The third-order valence-corrected chi connectivity index (χ3v) is 6.78. The lowest BCUT2D eigenvalue weighted by Crippen LogP contribution is -2.52. The minimum Gasteiger partial charge on any atom is -0.447 e. The fourth-order valence-corrected chi connectivity index (χ4v) is 5.32. The molecule has 2 aromatic rings. The highest BCUT2D eigenvalue weighted by molar-refractivity contribution is 5.70. The van der Waals surface area contributed by atoms with Crippen LogP contribution in [0.1, 0.15) is 31.4 Å². The van der Waals surface area contributed by atoms with E-state index in [0.717, 1.165) is 23.4 Å². The van der Waals surface area contributed by atoms with Crippen LogP contribution in [-0.4, -0.2) is 35.2 Å². The topological polar surface area (TPSA) is 42.4 Å². The second kappa shape index (κ2) is 7.62. The Balaban J connectivity index is 1.37. The Morgan fingerprint density at radius 1 is 1.14 bits per heavy atom. The molecule has 3 unspecified atom stereocenters. The smallest absolute Gasteiger partial charge is 0.410 e. The molecule has 3 heterocycles. The molecule has 5 heteroatoms. The normalized spacial score (nSPS) is 28.9. The van der Waals surface area contributed by atoms with Crippen molar-refractivity contribution in [1.82, 2.24) is 9.88 Å². The first-order valence-corrected chi connectivity index (χ1v) is 10.5. The Kier molecular flexibility index (Phi) is 4.82. The molecule has 0 spiro atoms. The number of halogens is 1. The van der Waals surface area contributed by atoms with Crippen LogP contribution < -0.4 is 0 Å². The van der Waals surface area contributed by atoms with E-state index < -0.39 is 0 Å². The van der Waals surface area contributed by atoms with Gasteiger partial charge in [-0.05, 0) is 54.5 Å². The average Bonchev–Trinajstić information content (AvgIpc) is 3.12. The molecule has 1 aromatic carbocycles. The number of carbonyl (C=O) groups excluding carboxylic acids is 1. The number of piperidine rings is 1. The summed E-state index contributed by atoms with van der Waals surface area (Å²) >= 11 is 0. The van der Waals surface area contributed by atoms with Crippen molar-refractivity contribution in [2.45, 2.75) is 31.7 Å². The summed E-state index contributed by atoms with van der Waals surface area (Å²) in [6, 6.07) is 10.6. The fraction of sp³-hybridized carbons (Fsp3) is 0.417. The van der Waals surface area contributed by atoms with Crippen LogP contribution in [0.25, 0.3) is 17.2 Å². The molecule has 1 aliphatic carbocycles. The maximum atomic E-state index is 13.5. The summed E-state index contributed by atoms with van der Waals surface area (Å²) in [7, 11) is 0. The number of cyclic esters (lactones) is 1. The molecule has 0 radical (unpaired) electrons. The van der Waals surface area contributed by atoms with Crippen molar-refractivity contribution in [2.24, 2.45) is 17.8 Å². The van der Waals surface area contributed by atoms with Gasteiger partial charge in [-0.3, -0.25) is 4.98 Å². The average molecular weight is 392 g/mol. The van der Waals surface area contributed by atoms with E-state index in [1.165, 1.54) is 37.8 Å². The predicted molar refractivity (Wildman–Crippen MR) is 109 cm³/mol. The molecule has 150 valence electrons. The molecule has 3 fully saturated rings. The monoisotopic (exact) mass is 392 g/mol. The molecule has 5 rings (SSSR count). The summed E-state index contributed by atoms with van der Waals surface area (Å²) in [5.74, 6) is 1.25. The van der Waals surface area contributed by atoms with Gasteiger partial charge in [0.1, 0.15) is 12.4 Å². The van der Waals surface area contributed by atoms with Gasteiger partial charge in [-0.15, -0.1) is 0 Å². The highest BCUT2D eigenvalue weighted by atomic mass is 19.1. The number of ether oxygens (including phenoxy) is 1. The molecular weight excluding hydrogens is 367 g/mol. The first-order valence-electron chi connectivity index (χ1n) is 10.5. The molecule has 2 saturated heterocycles. The summed E-state index contributed by atoms with van der Waals surface area (Å²) in [6.45, 7) is 1.34. The first-order chi connectivity index (χ1) is 14.2. The molecule has 0 N–H and O–H groups in total. The number of pyridine rings is 1. The van der Waals surface area contributed by atoms with Crippen LogP contribution in [0.3, 0.4) is 0 Å². The van der Waals surface area contributed by atoms with Crippen molar-refractivity contribution in [3.05, 3.63) is 60.2 Å². The Labute approximate surface area is 170 Å². The maximum absolute atomic E-state index is 13.5. The summed E-state index contributed by atoms with van der Waals surface area (Å²) in [5.41, 5.74) is 2.59. The lowest BCUT2D eigenvalue weighted by atomic mass is 9.67. The van der Waals surface area contributed by atoms with Gasteiger partial charge in [-0.25, -0.2) is 9.18 Å². The number of benzene rings is 1. The zero-order chi connectivity index (χ0) is 19.8. The third kappa shape index (κ3) is 3.54. The standard InChI is InChI=1S/C24H25FN2O2/c25-19-6-3-5-16(12-19)17-8-9-20(26-13-17)10-11-22-21-7-2-1-4-18(21)14-27-23(22)15-29-24(27)28/h3,5-6,8-13,18,21-23H,1-2,4,7,14-15H2/b11-10+/t18?,21?,22?,23-/m1/s1. The molecule has 2 aliphatic heterocycles. The summed E-state index contributed by atoms with van der Waals surface area (Å²) in [4.78, 5) is 18.6. The van der Waals surface area contributed by atoms with Crippen LogP contribution in [0.2, 0.25) is 0 Å². The Morgan fingerprint density at radius 3 is 2.86 bits per heavy atom. The highest BCUT2D eigenvalue weighted by Crippen LogP contribution is 2.44. The fourth-order valence-electron chi connectivity index (χ4n) is 5.32. The van der Waals surface area contributed by atoms with Crippen molar-refractivity contribution in [2.75, 3.05) is 13.2 Å². The van der Waals surface area contributed by atoms with E-state index >= 15 is 0 Å². The van der Waals surface area contributed by atoms with Gasteiger partial charge in [-0.1, -0.05) is 37.1 Å². The molecule has 4 nitrogen and oxygen atoms in total. The van der Waals surface area contributed by atoms with Gasteiger partial charge in [0.25, 0.3) is 0 Å². The number of aromatic nitrogens is 1. The second-order valence-electron chi connectivity index (χ2n) is 8.42. The predicted octanol–water partition coefficient (Wildman–Crippen LogP) is 5.16. The van der Waals surface area contributed by atoms with Crippen LogP contribution in [0.15, 0.2) is 48.7 Å². The van der Waals surface area contributed by atoms with Crippen LogP contribution in [0.4, 0.5) is 9.18 Å². The number of amides is 1. The van der Waals surface area contributed by atoms with Gasteiger partial charge in [0, 0.05) is 24.2 Å². The Bertz CT molecular complexity index is 927. The minimum absolute atomic E-state index is 0.143. The number of hydrogen-bond donors (Lipinski definition) is 0. The lowest BCUT2D eigenvalue weighted by Gasteiger charge is -2.46. The van der Waals surface area contributed by atoms with Gasteiger partial charge in [0.05, 0.1) is 11.7 Å². The van der Waals surface area contributed by atoms with E-state index in [0.29, 0.717) is 24.4 Å². The number of rotatable bonds is 3. The van der Waals surface area contributed by atoms with E-state index in [2.05, 4.69) is 17.1 Å². The molecular formula is C24H25FN2O2. The van der Waals surface area contributed by atoms with Crippen LogP contribution in [0, 0.1) is 23.6 Å². The van der Waals surface area contributed by atoms with Gasteiger partial charge < -0.3 is 9.64 Å². The largest absolute Gasteiger partial charge is 0.447 e. The quantitative estimate of drug-likeness (QED) is 0.725. The number of carbonyl (C=O) groups is 1. The van der Waals surface area contributed by atoms with Crippen molar-refractivity contribution in [3.63, 3.8) is 0 Å². The van der Waals surface area contributed by atoms with Crippen molar-refractivity contribution >= 4 is 12.2 Å². The summed E-state index contributed by atoms with van der Waals surface area (Å²) in [5, 5.41) is 0. The SMILES string of the molecule is O=C1OC[C@@H]2C(/C=C/c3ccc(-c4cccc(F)c4)cn3)C3CCCCC3CN12. The van der Waals surface area contributed by atoms with E-state index in [-0.39, 0.29) is 18.0 Å². The minimum atomic E-state index is -0.247. The highest BCUT2D eigenvalue weighted by Gasteiger charge is 2.48. The lowest BCUT2D eigenvalue weighted by molar-refractivity contribution is 0.0472.